The molecule has 1 saturated heterocycles. The first-order chi connectivity index (χ1) is 16.9. The highest BCUT2D eigenvalue weighted by Gasteiger charge is 2.28. The van der Waals surface area contributed by atoms with Crippen LogP contribution in [0.2, 0.25) is 5.02 Å². The summed E-state index contributed by atoms with van der Waals surface area (Å²) in [6.07, 6.45) is 0. The van der Waals surface area contributed by atoms with E-state index in [2.05, 4.69) is 10.2 Å². The monoisotopic (exact) mass is 490 g/mol. The molecule has 2 amide bonds. The molecule has 0 bridgehead atoms. The van der Waals surface area contributed by atoms with Gasteiger partial charge in [-0.2, -0.15) is 5.26 Å². The maximum atomic E-state index is 13.5. The molecular weight excluding hydrogens is 467 g/mol. The molecule has 1 N–H and O–H groups in total. The molecule has 1 heterocycles. The van der Waals surface area contributed by atoms with Crippen LogP contribution < -0.4 is 5.32 Å². The van der Waals surface area contributed by atoms with E-state index in [4.69, 9.17) is 16.9 Å². The first-order valence-electron chi connectivity index (χ1n) is 11.2. The smallest absolute Gasteiger partial charge is 0.255 e. The Hall–Kier alpha value is -3.73. The van der Waals surface area contributed by atoms with E-state index in [1.54, 1.807) is 35.2 Å². The topological polar surface area (TPSA) is 76.4 Å². The average Bonchev–Trinajstić information content (AvgIpc) is 2.86. The van der Waals surface area contributed by atoms with Crippen molar-refractivity contribution in [2.45, 2.75) is 19.5 Å². The van der Waals surface area contributed by atoms with E-state index in [1.807, 2.05) is 25.1 Å². The summed E-state index contributed by atoms with van der Waals surface area (Å²) in [5, 5.41) is 12.3. The summed E-state index contributed by atoms with van der Waals surface area (Å²) in [5.41, 5.74) is 2.47. The lowest BCUT2D eigenvalue weighted by atomic mass is 10.1. The zero-order chi connectivity index (χ0) is 24.9. The molecule has 0 radical (unpaired) electrons. The average molecular weight is 491 g/mol. The molecule has 6 nitrogen and oxygen atoms in total. The standard InChI is InChI=1S/C27H24ClFN4O2/c1-18-16-32(11-12-33(18)27(35)21-7-3-9-23(29)14-21)17-22-8-4-10-24(25(22)28)31-26(34)20-6-2-5-19(13-20)15-30/h2-10,13-14,18H,11-12,16-17H2,1H3,(H,31,34). The van der Waals surface area contributed by atoms with E-state index in [-0.39, 0.29) is 17.9 Å². The molecule has 3 aromatic rings. The zero-order valence-corrected chi connectivity index (χ0v) is 19.9. The van der Waals surface area contributed by atoms with Gasteiger partial charge in [-0.3, -0.25) is 14.5 Å². The SMILES string of the molecule is CC1CN(Cc2cccc(NC(=O)c3cccc(C#N)c3)c2Cl)CCN1C(=O)c1cccc(F)c1. The number of hydrogen-bond acceptors (Lipinski definition) is 4. The van der Waals surface area contributed by atoms with Crippen molar-refractivity contribution in [3.63, 3.8) is 0 Å². The van der Waals surface area contributed by atoms with E-state index in [0.717, 1.165) is 5.56 Å². The van der Waals surface area contributed by atoms with Crippen LogP contribution in [0.25, 0.3) is 0 Å². The summed E-state index contributed by atoms with van der Waals surface area (Å²) < 4.78 is 13.5. The number of carbonyl (C=O) groups is 2. The second-order valence-electron chi connectivity index (χ2n) is 8.52. The summed E-state index contributed by atoms with van der Waals surface area (Å²) in [5.74, 6) is -0.958. The van der Waals surface area contributed by atoms with Crippen molar-refractivity contribution < 1.29 is 14.0 Å². The van der Waals surface area contributed by atoms with Gasteiger partial charge in [-0.25, -0.2) is 4.39 Å². The number of hydrogen-bond donors (Lipinski definition) is 1. The van der Waals surface area contributed by atoms with Crippen LogP contribution in [-0.4, -0.2) is 47.3 Å². The Kier molecular flexibility index (Phi) is 7.45. The lowest BCUT2D eigenvalue weighted by Crippen LogP contribution is -2.53. The highest BCUT2D eigenvalue weighted by atomic mass is 35.5. The van der Waals surface area contributed by atoms with Gasteiger partial charge in [0.15, 0.2) is 0 Å². The van der Waals surface area contributed by atoms with Crippen LogP contribution in [0.3, 0.4) is 0 Å². The van der Waals surface area contributed by atoms with Crippen LogP contribution in [0.5, 0.6) is 0 Å². The third-order valence-electron chi connectivity index (χ3n) is 6.02. The molecule has 0 saturated carbocycles. The minimum atomic E-state index is -0.429. The molecule has 1 aliphatic heterocycles. The fourth-order valence-corrected chi connectivity index (χ4v) is 4.46. The summed E-state index contributed by atoms with van der Waals surface area (Å²) in [7, 11) is 0. The summed E-state index contributed by atoms with van der Waals surface area (Å²) in [6.45, 7) is 4.31. The van der Waals surface area contributed by atoms with Crippen LogP contribution in [-0.2, 0) is 6.54 Å². The Labute approximate surface area is 208 Å². The fourth-order valence-electron chi connectivity index (χ4n) is 4.23. The molecule has 1 atom stereocenters. The second-order valence-corrected chi connectivity index (χ2v) is 8.90. The molecule has 0 spiro atoms. The van der Waals surface area contributed by atoms with Gasteiger partial charge in [0.25, 0.3) is 11.8 Å². The zero-order valence-electron chi connectivity index (χ0n) is 19.2. The molecule has 1 unspecified atom stereocenters. The van der Waals surface area contributed by atoms with E-state index in [0.29, 0.717) is 53.6 Å². The van der Waals surface area contributed by atoms with Crippen LogP contribution in [0, 0.1) is 17.1 Å². The molecule has 35 heavy (non-hydrogen) atoms. The molecule has 4 rings (SSSR count). The fraction of sp³-hybridized carbons (Fsp3) is 0.222. The number of rotatable bonds is 5. The third kappa shape index (κ3) is 5.68. The summed E-state index contributed by atoms with van der Waals surface area (Å²) in [4.78, 5) is 29.5. The van der Waals surface area contributed by atoms with Gasteiger partial charge in [-0.15, -0.1) is 0 Å². The number of carbonyl (C=O) groups excluding carboxylic acids is 2. The van der Waals surface area contributed by atoms with E-state index in [1.165, 1.54) is 24.3 Å². The van der Waals surface area contributed by atoms with Gasteiger partial charge in [0.1, 0.15) is 5.82 Å². The van der Waals surface area contributed by atoms with Crippen molar-refractivity contribution in [1.82, 2.24) is 9.80 Å². The lowest BCUT2D eigenvalue weighted by Gasteiger charge is -2.40. The lowest BCUT2D eigenvalue weighted by molar-refractivity contribution is 0.0475. The van der Waals surface area contributed by atoms with Gasteiger partial charge >= 0.3 is 0 Å². The Morgan fingerprint density at radius 1 is 1.09 bits per heavy atom. The molecule has 8 heteroatoms. The number of nitrogens with zero attached hydrogens (tertiary/aromatic N) is 3. The Balaban J connectivity index is 1.41. The van der Waals surface area contributed by atoms with E-state index >= 15 is 0 Å². The van der Waals surface area contributed by atoms with Crippen molar-refractivity contribution in [2.75, 3.05) is 25.0 Å². The van der Waals surface area contributed by atoms with Gasteiger partial charge in [0.2, 0.25) is 0 Å². The largest absolute Gasteiger partial charge is 0.333 e. The quantitative estimate of drug-likeness (QED) is 0.549. The predicted octanol–water partition coefficient (Wildman–Crippen LogP) is 4.95. The Bertz CT molecular complexity index is 1310. The normalized spacial score (nSPS) is 15.9. The second kappa shape index (κ2) is 10.7. The van der Waals surface area contributed by atoms with Crippen LogP contribution in [0.4, 0.5) is 10.1 Å². The minimum Gasteiger partial charge on any atom is -0.333 e. The minimum absolute atomic E-state index is 0.0615. The van der Waals surface area contributed by atoms with Gasteiger partial charge in [0, 0.05) is 43.3 Å². The molecule has 178 valence electrons. The van der Waals surface area contributed by atoms with Gasteiger partial charge in [0.05, 0.1) is 22.3 Å². The van der Waals surface area contributed by atoms with Crippen molar-refractivity contribution in [1.29, 1.82) is 5.26 Å². The van der Waals surface area contributed by atoms with Crippen molar-refractivity contribution in [3.8, 4) is 6.07 Å². The number of anilines is 1. The van der Waals surface area contributed by atoms with E-state index < -0.39 is 5.82 Å². The summed E-state index contributed by atoms with van der Waals surface area (Å²) >= 11 is 6.63. The molecule has 3 aromatic carbocycles. The number of halogens is 2. The highest BCUT2D eigenvalue weighted by molar-refractivity contribution is 6.34. The van der Waals surface area contributed by atoms with Crippen LogP contribution in [0.1, 0.15) is 38.8 Å². The van der Waals surface area contributed by atoms with Crippen LogP contribution in [0.15, 0.2) is 66.7 Å². The number of amides is 2. The molecule has 0 aromatic heterocycles. The van der Waals surface area contributed by atoms with Crippen molar-refractivity contribution >= 4 is 29.1 Å². The maximum absolute atomic E-state index is 13.5. The number of benzene rings is 3. The number of piperazine rings is 1. The van der Waals surface area contributed by atoms with Gasteiger partial charge < -0.3 is 10.2 Å². The summed E-state index contributed by atoms with van der Waals surface area (Å²) in [6, 6.07) is 19.6. The van der Waals surface area contributed by atoms with E-state index in [9.17, 15) is 14.0 Å². The van der Waals surface area contributed by atoms with Crippen molar-refractivity contribution in [3.05, 3.63) is 99.8 Å². The Morgan fingerprint density at radius 3 is 2.57 bits per heavy atom. The molecule has 1 fully saturated rings. The first-order valence-corrected chi connectivity index (χ1v) is 11.6. The Morgan fingerprint density at radius 2 is 1.83 bits per heavy atom. The molecule has 0 aliphatic carbocycles. The van der Waals surface area contributed by atoms with Gasteiger partial charge in [-0.1, -0.05) is 35.9 Å². The molecular formula is C27H24ClFN4O2. The highest BCUT2D eigenvalue weighted by Crippen LogP contribution is 2.28. The first kappa shape index (κ1) is 24.4. The number of nitrogens with one attached hydrogen (secondary N) is 1. The third-order valence-corrected chi connectivity index (χ3v) is 6.47. The molecule has 1 aliphatic rings. The van der Waals surface area contributed by atoms with Crippen molar-refractivity contribution in [2.24, 2.45) is 0 Å². The maximum Gasteiger partial charge on any atom is 0.255 e. The number of nitriles is 1. The van der Waals surface area contributed by atoms with Crippen LogP contribution >= 0.6 is 11.6 Å². The predicted molar refractivity (Wildman–Crippen MR) is 133 cm³/mol. The van der Waals surface area contributed by atoms with Gasteiger partial charge in [-0.05, 0) is 55.0 Å².